The summed E-state index contributed by atoms with van der Waals surface area (Å²) in [4.78, 5) is 13.5. The molecule has 0 spiro atoms. The van der Waals surface area contributed by atoms with Gasteiger partial charge in [0.2, 0.25) is 0 Å². The lowest BCUT2D eigenvalue weighted by atomic mass is 9.83. The second kappa shape index (κ2) is 6.01. The summed E-state index contributed by atoms with van der Waals surface area (Å²) < 4.78 is 0. The lowest BCUT2D eigenvalue weighted by Crippen LogP contribution is -2.35. The van der Waals surface area contributed by atoms with E-state index in [4.69, 9.17) is 0 Å². The third-order valence-corrected chi connectivity index (χ3v) is 3.28. The molecular weight excluding hydrogens is 226 g/mol. The minimum atomic E-state index is -0.731. The first-order chi connectivity index (χ1) is 8.34. The molecule has 2 unspecified atom stereocenters. The van der Waals surface area contributed by atoms with Crippen molar-refractivity contribution < 1.29 is 9.90 Å². The summed E-state index contributed by atoms with van der Waals surface area (Å²) in [5, 5.41) is 9.47. The van der Waals surface area contributed by atoms with Gasteiger partial charge in [-0.25, -0.2) is 0 Å². The first-order valence-electron chi connectivity index (χ1n) is 6.30. The fourth-order valence-electron chi connectivity index (χ4n) is 2.47. The van der Waals surface area contributed by atoms with Crippen molar-refractivity contribution in [3.05, 3.63) is 35.4 Å². The lowest BCUT2D eigenvalue weighted by molar-refractivity contribution is -0.146. The van der Waals surface area contributed by atoms with E-state index < -0.39 is 11.9 Å². The molecule has 3 nitrogen and oxygen atoms in total. The molecule has 0 heterocycles. The van der Waals surface area contributed by atoms with Crippen LogP contribution in [0.25, 0.3) is 0 Å². The van der Waals surface area contributed by atoms with Crippen LogP contribution in [-0.2, 0) is 4.79 Å². The van der Waals surface area contributed by atoms with Gasteiger partial charge in [0.1, 0.15) is 0 Å². The topological polar surface area (TPSA) is 40.5 Å². The molecule has 2 atom stereocenters. The van der Waals surface area contributed by atoms with Gasteiger partial charge in [-0.1, -0.05) is 43.7 Å². The number of rotatable bonds is 5. The zero-order chi connectivity index (χ0) is 13.9. The quantitative estimate of drug-likeness (QED) is 0.872. The van der Waals surface area contributed by atoms with Gasteiger partial charge in [-0.2, -0.15) is 0 Å². The highest BCUT2D eigenvalue weighted by Gasteiger charge is 2.33. The van der Waals surface area contributed by atoms with Gasteiger partial charge in [-0.05, 0) is 32.5 Å². The molecule has 0 aliphatic heterocycles. The Balaban J connectivity index is 3.20. The van der Waals surface area contributed by atoms with E-state index in [0.29, 0.717) is 0 Å². The molecule has 1 aromatic rings. The Kier molecular flexibility index (Phi) is 4.91. The van der Waals surface area contributed by atoms with Crippen LogP contribution in [0.1, 0.15) is 31.0 Å². The second-order valence-corrected chi connectivity index (χ2v) is 5.43. The first kappa shape index (κ1) is 14.7. The molecule has 1 rings (SSSR count). The van der Waals surface area contributed by atoms with Gasteiger partial charge in [-0.15, -0.1) is 0 Å². The standard InChI is InChI=1S/C15H23NO2/c1-10(2)13(15(17)18)14(16(4)5)12-8-6-7-11(3)9-12/h6-10,13-14H,1-5H3,(H,17,18). The van der Waals surface area contributed by atoms with Crippen molar-refractivity contribution in [1.29, 1.82) is 0 Å². The Hall–Kier alpha value is -1.35. The molecule has 0 fully saturated rings. The zero-order valence-electron chi connectivity index (χ0n) is 11.8. The van der Waals surface area contributed by atoms with Crippen molar-refractivity contribution in [2.24, 2.45) is 11.8 Å². The second-order valence-electron chi connectivity index (χ2n) is 5.43. The van der Waals surface area contributed by atoms with Crippen LogP contribution in [0.15, 0.2) is 24.3 Å². The van der Waals surface area contributed by atoms with E-state index in [9.17, 15) is 9.90 Å². The molecule has 0 bridgehead atoms. The number of carboxylic acid groups (broad SMARTS) is 1. The van der Waals surface area contributed by atoms with Crippen LogP contribution in [0.2, 0.25) is 0 Å². The Morgan fingerprint density at radius 3 is 2.28 bits per heavy atom. The molecule has 18 heavy (non-hydrogen) atoms. The third kappa shape index (κ3) is 3.33. The molecule has 0 aromatic heterocycles. The van der Waals surface area contributed by atoms with Gasteiger partial charge < -0.3 is 10.0 Å². The number of benzene rings is 1. The highest BCUT2D eigenvalue weighted by molar-refractivity contribution is 5.71. The Labute approximate surface area is 109 Å². The maximum Gasteiger partial charge on any atom is 0.308 e. The number of nitrogens with zero attached hydrogens (tertiary/aromatic N) is 1. The molecule has 0 radical (unpaired) electrons. The van der Waals surface area contributed by atoms with Crippen LogP contribution < -0.4 is 0 Å². The summed E-state index contributed by atoms with van der Waals surface area (Å²) in [6, 6.07) is 8.00. The monoisotopic (exact) mass is 249 g/mol. The van der Waals surface area contributed by atoms with Crippen LogP contribution in [0.3, 0.4) is 0 Å². The summed E-state index contributed by atoms with van der Waals surface area (Å²) in [5.41, 5.74) is 2.23. The summed E-state index contributed by atoms with van der Waals surface area (Å²) in [5.74, 6) is -1.04. The maximum atomic E-state index is 11.5. The van der Waals surface area contributed by atoms with Crippen LogP contribution in [0.4, 0.5) is 0 Å². The smallest absolute Gasteiger partial charge is 0.308 e. The number of aliphatic carboxylic acids is 1. The summed E-state index contributed by atoms with van der Waals surface area (Å²) in [6.07, 6.45) is 0. The van der Waals surface area contributed by atoms with Crippen LogP contribution >= 0.6 is 0 Å². The van der Waals surface area contributed by atoms with E-state index in [-0.39, 0.29) is 12.0 Å². The summed E-state index contributed by atoms with van der Waals surface area (Å²) in [7, 11) is 3.87. The number of hydrogen-bond donors (Lipinski definition) is 1. The van der Waals surface area contributed by atoms with E-state index in [0.717, 1.165) is 11.1 Å². The van der Waals surface area contributed by atoms with E-state index in [1.165, 1.54) is 0 Å². The highest BCUT2D eigenvalue weighted by atomic mass is 16.4. The van der Waals surface area contributed by atoms with Crippen LogP contribution in [-0.4, -0.2) is 30.1 Å². The van der Waals surface area contributed by atoms with Gasteiger partial charge in [-0.3, -0.25) is 4.79 Å². The van der Waals surface area contributed by atoms with Gasteiger partial charge in [0.15, 0.2) is 0 Å². The number of hydrogen-bond acceptors (Lipinski definition) is 2. The fourth-order valence-corrected chi connectivity index (χ4v) is 2.47. The Morgan fingerprint density at radius 2 is 1.89 bits per heavy atom. The van der Waals surface area contributed by atoms with Gasteiger partial charge in [0.25, 0.3) is 0 Å². The van der Waals surface area contributed by atoms with Crippen molar-refractivity contribution in [3.8, 4) is 0 Å². The molecule has 3 heteroatoms. The van der Waals surface area contributed by atoms with E-state index in [1.54, 1.807) is 0 Å². The molecule has 0 amide bonds. The third-order valence-electron chi connectivity index (χ3n) is 3.28. The number of aryl methyl sites for hydroxylation is 1. The molecule has 100 valence electrons. The maximum absolute atomic E-state index is 11.5. The largest absolute Gasteiger partial charge is 0.481 e. The van der Waals surface area contributed by atoms with Gasteiger partial charge in [0, 0.05) is 6.04 Å². The highest BCUT2D eigenvalue weighted by Crippen LogP contribution is 2.32. The minimum Gasteiger partial charge on any atom is -0.481 e. The SMILES string of the molecule is Cc1cccc(C(C(C(=O)O)C(C)C)N(C)C)c1. The van der Waals surface area contributed by atoms with Crippen molar-refractivity contribution in [1.82, 2.24) is 4.90 Å². The van der Waals surface area contributed by atoms with E-state index in [1.807, 2.05) is 58.0 Å². The molecule has 0 saturated heterocycles. The summed E-state index contributed by atoms with van der Waals surface area (Å²) in [6.45, 7) is 5.96. The van der Waals surface area contributed by atoms with Crippen molar-refractivity contribution in [2.45, 2.75) is 26.8 Å². The number of carbonyl (C=O) groups is 1. The average molecular weight is 249 g/mol. The molecular formula is C15H23NO2. The summed E-state index contributed by atoms with van der Waals surface area (Å²) >= 11 is 0. The molecule has 0 saturated carbocycles. The average Bonchev–Trinajstić information content (AvgIpc) is 2.23. The Bertz CT molecular complexity index is 413. The molecule has 0 aliphatic rings. The van der Waals surface area contributed by atoms with Gasteiger partial charge in [0.05, 0.1) is 5.92 Å². The molecule has 1 aromatic carbocycles. The molecule has 0 aliphatic carbocycles. The van der Waals surface area contributed by atoms with Crippen molar-refractivity contribution in [2.75, 3.05) is 14.1 Å². The lowest BCUT2D eigenvalue weighted by Gasteiger charge is -2.32. The van der Waals surface area contributed by atoms with Crippen molar-refractivity contribution >= 4 is 5.97 Å². The van der Waals surface area contributed by atoms with E-state index >= 15 is 0 Å². The predicted octanol–water partition coefficient (Wildman–Crippen LogP) is 2.95. The Morgan fingerprint density at radius 1 is 1.28 bits per heavy atom. The fraction of sp³-hybridized carbons (Fsp3) is 0.533. The first-order valence-corrected chi connectivity index (χ1v) is 6.30. The molecule has 1 N–H and O–H groups in total. The normalized spacial score (nSPS) is 14.8. The van der Waals surface area contributed by atoms with E-state index in [2.05, 4.69) is 6.07 Å². The zero-order valence-corrected chi connectivity index (χ0v) is 11.8. The van der Waals surface area contributed by atoms with Crippen LogP contribution in [0.5, 0.6) is 0 Å². The number of carboxylic acids is 1. The van der Waals surface area contributed by atoms with Crippen molar-refractivity contribution in [3.63, 3.8) is 0 Å². The van der Waals surface area contributed by atoms with Gasteiger partial charge >= 0.3 is 5.97 Å². The minimum absolute atomic E-state index is 0.0930. The van der Waals surface area contributed by atoms with Crippen LogP contribution in [0, 0.1) is 18.8 Å². The predicted molar refractivity (Wildman–Crippen MR) is 73.6 cm³/mol.